The Hall–Kier alpha value is -0.870. The van der Waals surface area contributed by atoms with Crippen molar-refractivity contribution in [2.45, 2.75) is 38.6 Å². The molecule has 1 fully saturated rings. The van der Waals surface area contributed by atoms with Gasteiger partial charge in [0.05, 0.1) is 5.69 Å². The Labute approximate surface area is 118 Å². The maximum Gasteiger partial charge on any atom is 0.171 e. The number of pyridine rings is 1. The molecule has 1 aromatic heterocycles. The third kappa shape index (κ3) is 3.56. The molecule has 0 bridgehead atoms. The molecule has 2 N–H and O–H groups in total. The van der Waals surface area contributed by atoms with Crippen LogP contribution in [0.3, 0.4) is 0 Å². The van der Waals surface area contributed by atoms with E-state index in [0.717, 1.165) is 5.69 Å². The second-order valence-electron chi connectivity index (χ2n) is 4.81. The van der Waals surface area contributed by atoms with Gasteiger partial charge in [0, 0.05) is 12.2 Å². The zero-order valence-electron chi connectivity index (χ0n) is 10.4. The van der Waals surface area contributed by atoms with Gasteiger partial charge in [0.2, 0.25) is 0 Å². The molecule has 0 unspecified atom stereocenters. The summed E-state index contributed by atoms with van der Waals surface area (Å²) in [5.74, 6) is 0.669. The van der Waals surface area contributed by atoms with E-state index in [1.165, 1.54) is 25.7 Å². The van der Waals surface area contributed by atoms with Crippen LogP contribution in [-0.4, -0.2) is 16.1 Å². The highest BCUT2D eigenvalue weighted by atomic mass is 35.5. The summed E-state index contributed by atoms with van der Waals surface area (Å²) in [7, 11) is 0. The average Bonchev–Trinajstić information content (AvgIpc) is 2.35. The Morgan fingerprint density at radius 3 is 2.94 bits per heavy atom. The largest absolute Gasteiger partial charge is 0.359 e. The van der Waals surface area contributed by atoms with E-state index in [4.69, 9.17) is 23.8 Å². The minimum atomic E-state index is 0.443. The topological polar surface area (TPSA) is 37.0 Å². The molecule has 0 aromatic carbocycles. The summed E-state index contributed by atoms with van der Waals surface area (Å²) in [5.41, 5.74) is 0.750. The second-order valence-corrected chi connectivity index (χ2v) is 5.57. The van der Waals surface area contributed by atoms with Gasteiger partial charge < -0.3 is 10.6 Å². The van der Waals surface area contributed by atoms with Crippen molar-refractivity contribution in [1.82, 2.24) is 10.3 Å². The molecule has 1 aliphatic carbocycles. The minimum Gasteiger partial charge on any atom is -0.359 e. The maximum atomic E-state index is 5.98. The van der Waals surface area contributed by atoms with Gasteiger partial charge >= 0.3 is 0 Å². The normalized spacial score (nSPS) is 23.4. The Bertz CT molecular complexity index is 424. The van der Waals surface area contributed by atoms with Crippen LogP contribution in [0.4, 0.5) is 5.69 Å². The fourth-order valence-electron chi connectivity index (χ4n) is 2.34. The van der Waals surface area contributed by atoms with Gasteiger partial charge in [0.1, 0.15) is 0 Å². The predicted octanol–water partition coefficient (Wildman–Crippen LogP) is 3.60. The number of rotatable bonds is 2. The number of hydrogen-bond acceptors (Lipinski definition) is 2. The second kappa shape index (κ2) is 6.34. The Morgan fingerprint density at radius 1 is 1.44 bits per heavy atom. The molecule has 2 rings (SSSR count). The summed E-state index contributed by atoms with van der Waals surface area (Å²) in [6, 6.07) is 4.17. The summed E-state index contributed by atoms with van der Waals surface area (Å²) in [6.45, 7) is 2.27. The molecule has 1 heterocycles. The van der Waals surface area contributed by atoms with E-state index < -0.39 is 0 Å². The average molecular weight is 284 g/mol. The third-order valence-corrected chi connectivity index (χ3v) is 3.96. The van der Waals surface area contributed by atoms with Gasteiger partial charge in [-0.15, -0.1) is 0 Å². The SMILES string of the molecule is C[C@@H]1CCCC[C@H]1NC(=S)Nc1cccnc1Cl. The minimum absolute atomic E-state index is 0.443. The molecule has 5 heteroatoms. The first-order valence-electron chi connectivity index (χ1n) is 6.35. The molecule has 1 aromatic rings. The number of hydrogen-bond donors (Lipinski definition) is 2. The van der Waals surface area contributed by atoms with Crippen LogP contribution in [0, 0.1) is 5.92 Å². The fraction of sp³-hybridized carbons (Fsp3) is 0.538. The number of thiocarbonyl (C=S) groups is 1. The molecule has 1 aliphatic rings. The van der Waals surface area contributed by atoms with Crippen molar-refractivity contribution in [2.24, 2.45) is 5.92 Å². The molecule has 1 saturated carbocycles. The first-order valence-corrected chi connectivity index (χ1v) is 7.13. The highest BCUT2D eigenvalue weighted by Crippen LogP contribution is 2.24. The molecule has 0 amide bonds. The summed E-state index contributed by atoms with van der Waals surface area (Å²) in [4.78, 5) is 4.01. The quantitative estimate of drug-likeness (QED) is 0.642. The van der Waals surface area contributed by atoms with Gasteiger partial charge in [-0.2, -0.15) is 0 Å². The van der Waals surface area contributed by atoms with Crippen LogP contribution < -0.4 is 10.6 Å². The van der Waals surface area contributed by atoms with Gasteiger partial charge in [-0.3, -0.25) is 0 Å². The van der Waals surface area contributed by atoms with E-state index in [1.807, 2.05) is 12.1 Å². The predicted molar refractivity (Wildman–Crippen MR) is 80.0 cm³/mol. The van der Waals surface area contributed by atoms with Gasteiger partial charge in [0.15, 0.2) is 10.3 Å². The van der Waals surface area contributed by atoms with Crippen LogP contribution in [0.25, 0.3) is 0 Å². The number of halogens is 1. The molecule has 0 saturated heterocycles. The third-order valence-electron chi connectivity index (χ3n) is 3.44. The van der Waals surface area contributed by atoms with Gasteiger partial charge in [0.25, 0.3) is 0 Å². The van der Waals surface area contributed by atoms with Crippen molar-refractivity contribution < 1.29 is 0 Å². The van der Waals surface area contributed by atoms with Crippen molar-refractivity contribution in [1.29, 1.82) is 0 Å². The molecule has 18 heavy (non-hydrogen) atoms. The monoisotopic (exact) mass is 283 g/mol. The van der Waals surface area contributed by atoms with E-state index in [0.29, 0.717) is 22.2 Å². The van der Waals surface area contributed by atoms with E-state index in [1.54, 1.807) is 6.20 Å². The first-order chi connectivity index (χ1) is 8.66. The first kappa shape index (κ1) is 13.6. The zero-order chi connectivity index (χ0) is 13.0. The van der Waals surface area contributed by atoms with Gasteiger partial charge in [-0.25, -0.2) is 4.98 Å². The smallest absolute Gasteiger partial charge is 0.171 e. The Kier molecular flexibility index (Phi) is 4.78. The lowest BCUT2D eigenvalue weighted by atomic mass is 9.86. The number of nitrogens with one attached hydrogen (secondary N) is 2. The molecule has 3 nitrogen and oxygen atoms in total. The summed E-state index contributed by atoms with van der Waals surface area (Å²) >= 11 is 11.3. The molecule has 98 valence electrons. The lowest BCUT2D eigenvalue weighted by molar-refractivity contribution is 0.309. The molecular formula is C13H18ClN3S. The van der Waals surface area contributed by atoms with E-state index in [9.17, 15) is 0 Å². The summed E-state index contributed by atoms with van der Waals surface area (Å²) in [6.07, 6.45) is 6.72. The van der Waals surface area contributed by atoms with Crippen LogP contribution in [-0.2, 0) is 0 Å². The van der Waals surface area contributed by atoms with Crippen LogP contribution in [0.2, 0.25) is 5.15 Å². The van der Waals surface area contributed by atoms with E-state index in [2.05, 4.69) is 22.5 Å². The van der Waals surface area contributed by atoms with Crippen LogP contribution in [0.15, 0.2) is 18.3 Å². The molecule has 0 radical (unpaired) electrons. The number of aromatic nitrogens is 1. The van der Waals surface area contributed by atoms with Crippen LogP contribution >= 0.6 is 23.8 Å². The lowest BCUT2D eigenvalue weighted by Gasteiger charge is -2.30. The van der Waals surface area contributed by atoms with Crippen molar-refractivity contribution >= 4 is 34.6 Å². The maximum absolute atomic E-state index is 5.98. The standard InChI is InChI=1S/C13H18ClN3S/c1-9-5-2-3-6-10(9)16-13(18)17-11-7-4-8-15-12(11)14/h4,7-10H,2-3,5-6H2,1H3,(H2,16,17,18)/t9-,10-/m1/s1. The van der Waals surface area contributed by atoms with E-state index >= 15 is 0 Å². The summed E-state index contributed by atoms with van der Waals surface area (Å²) in [5, 5.41) is 7.55. The molecule has 2 atom stereocenters. The van der Waals surface area contributed by atoms with Crippen molar-refractivity contribution in [3.63, 3.8) is 0 Å². The van der Waals surface area contributed by atoms with Crippen LogP contribution in [0.1, 0.15) is 32.6 Å². The highest BCUT2D eigenvalue weighted by Gasteiger charge is 2.21. The Morgan fingerprint density at radius 2 is 2.22 bits per heavy atom. The molecule has 0 spiro atoms. The lowest BCUT2D eigenvalue weighted by Crippen LogP contribution is -2.43. The molecular weight excluding hydrogens is 266 g/mol. The number of anilines is 1. The molecule has 0 aliphatic heterocycles. The number of nitrogens with zero attached hydrogens (tertiary/aromatic N) is 1. The van der Waals surface area contributed by atoms with Gasteiger partial charge in [-0.05, 0) is 43.1 Å². The van der Waals surface area contributed by atoms with Crippen molar-refractivity contribution in [3.05, 3.63) is 23.5 Å². The van der Waals surface area contributed by atoms with Crippen molar-refractivity contribution in [2.75, 3.05) is 5.32 Å². The zero-order valence-corrected chi connectivity index (χ0v) is 12.0. The van der Waals surface area contributed by atoms with Crippen LogP contribution in [0.5, 0.6) is 0 Å². The Balaban J connectivity index is 1.90. The highest BCUT2D eigenvalue weighted by molar-refractivity contribution is 7.80. The van der Waals surface area contributed by atoms with E-state index in [-0.39, 0.29) is 0 Å². The summed E-state index contributed by atoms with van der Waals surface area (Å²) < 4.78 is 0. The van der Waals surface area contributed by atoms with Crippen molar-refractivity contribution in [3.8, 4) is 0 Å². The van der Waals surface area contributed by atoms with Gasteiger partial charge in [-0.1, -0.05) is 31.4 Å². The fourth-order valence-corrected chi connectivity index (χ4v) is 2.76.